The van der Waals surface area contributed by atoms with Crippen LogP contribution in [-0.2, 0) is 4.79 Å². The highest BCUT2D eigenvalue weighted by Gasteiger charge is 1.73. The fourth-order valence-corrected chi connectivity index (χ4v) is 0.704. The first-order valence-corrected chi connectivity index (χ1v) is 4.57. The van der Waals surface area contributed by atoms with E-state index in [-0.39, 0.29) is 5.78 Å². The summed E-state index contributed by atoms with van der Waals surface area (Å²) in [5, 5.41) is 0. The molecule has 0 atom stereocenters. The van der Waals surface area contributed by atoms with E-state index in [9.17, 15) is 4.79 Å². The standard InChI is InChI=1S/C6H10S.C3H6O/c1-3-5-7-6-4-2;1-3(2)4/h3-4H,1-2,5-6H2;1-2H3. The summed E-state index contributed by atoms with van der Waals surface area (Å²) in [6.45, 7) is 10.2. The predicted molar refractivity (Wildman–Crippen MR) is 54.1 cm³/mol. The number of hydrogen-bond acceptors (Lipinski definition) is 2. The Balaban J connectivity index is 0. The zero-order valence-electron chi connectivity index (χ0n) is 7.30. The van der Waals surface area contributed by atoms with Gasteiger partial charge in [0.2, 0.25) is 0 Å². The van der Waals surface area contributed by atoms with E-state index in [4.69, 9.17) is 0 Å². The van der Waals surface area contributed by atoms with Crippen molar-refractivity contribution in [2.24, 2.45) is 0 Å². The van der Waals surface area contributed by atoms with E-state index in [0.29, 0.717) is 0 Å². The van der Waals surface area contributed by atoms with E-state index >= 15 is 0 Å². The smallest absolute Gasteiger partial charge is 0.126 e. The molecule has 64 valence electrons. The van der Waals surface area contributed by atoms with Gasteiger partial charge < -0.3 is 4.79 Å². The Kier molecular flexibility index (Phi) is 14.5. The molecule has 11 heavy (non-hydrogen) atoms. The normalized spacial score (nSPS) is 7.45. The molecule has 0 unspecified atom stereocenters. The minimum atomic E-state index is 0.167. The van der Waals surface area contributed by atoms with E-state index < -0.39 is 0 Å². The van der Waals surface area contributed by atoms with Crippen molar-refractivity contribution in [2.45, 2.75) is 13.8 Å². The summed E-state index contributed by atoms with van der Waals surface area (Å²) in [7, 11) is 0. The number of carbonyl (C=O) groups excluding carboxylic acids is 1. The summed E-state index contributed by atoms with van der Waals surface area (Å²) in [6.07, 6.45) is 3.79. The fourth-order valence-electron chi connectivity index (χ4n) is 0.235. The minimum absolute atomic E-state index is 0.167. The lowest BCUT2D eigenvalue weighted by Crippen LogP contribution is -1.69. The molecule has 0 saturated heterocycles. The molecule has 0 aliphatic carbocycles. The molecule has 0 amide bonds. The van der Waals surface area contributed by atoms with Crippen LogP contribution in [0.5, 0.6) is 0 Å². The Morgan fingerprint density at radius 2 is 1.55 bits per heavy atom. The molecule has 0 aromatic rings. The van der Waals surface area contributed by atoms with Crippen LogP contribution in [0, 0.1) is 0 Å². The maximum Gasteiger partial charge on any atom is 0.126 e. The molecule has 0 N–H and O–H groups in total. The van der Waals surface area contributed by atoms with Gasteiger partial charge in [-0.2, -0.15) is 11.8 Å². The van der Waals surface area contributed by atoms with Crippen molar-refractivity contribution in [1.29, 1.82) is 0 Å². The van der Waals surface area contributed by atoms with Crippen LogP contribution in [0.4, 0.5) is 0 Å². The van der Waals surface area contributed by atoms with Crippen LogP contribution in [0.3, 0.4) is 0 Å². The second-order valence-corrected chi connectivity index (χ2v) is 3.10. The van der Waals surface area contributed by atoms with Crippen molar-refractivity contribution in [3.63, 3.8) is 0 Å². The Bertz CT molecular complexity index is 107. The summed E-state index contributed by atoms with van der Waals surface area (Å²) in [4.78, 5) is 9.44. The third-order valence-corrected chi connectivity index (χ3v) is 1.41. The third-order valence-electron chi connectivity index (χ3n) is 0.471. The average molecular weight is 172 g/mol. The molecular weight excluding hydrogens is 156 g/mol. The van der Waals surface area contributed by atoms with Crippen LogP contribution in [-0.4, -0.2) is 17.3 Å². The summed E-state index contributed by atoms with van der Waals surface area (Å²) in [5.41, 5.74) is 0. The molecule has 2 heteroatoms. The van der Waals surface area contributed by atoms with Crippen LogP contribution in [0.25, 0.3) is 0 Å². The molecule has 0 heterocycles. The quantitative estimate of drug-likeness (QED) is 0.479. The SMILES string of the molecule is C=CCSCC=C.CC(C)=O. The van der Waals surface area contributed by atoms with Gasteiger partial charge in [-0.1, -0.05) is 12.2 Å². The maximum absolute atomic E-state index is 9.44. The van der Waals surface area contributed by atoms with Gasteiger partial charge in [-0.05, 0) is 13.8 Å². The van der Waals surface area contributed by atoms with Crippen molar-refractivity contribution in [1.82, 2.24) is 0 Å². The molecule has 0 rings (SSSR count). The minimum Gasteiger partial charge on any atom is -0.300 e. The summed E-state index contributed by atoms with van der Waals surface area (Å²) in [5.74, 6) is 2.23. The molecular formula is C9H16OS. The number of carbonyl (C=O) groups is 1. The van der Waals surface area contributed by atoms with E-state index in [2.05, 4.69) is 13.2 Å². The second kappa shape index (κ2) is 12.2. The van der Waals surface area contributed by atoms with Crippen molar-refractivity contribution >= 4 is 17.5 Å². The summed E-state index contributed by atoms with van der Waals surface area (Å²) in [6, 6.07) is 0. The Morgan fingerprint density at radius 3 is 1.73 bits per heavy atom. The Morgan fingerprint density at radius 1 is 1.27 bits per heavy atom. The van der Waals surface area contributed by atoms with Crippen LogP contribution in [0.1, 0.15) is 13.8 Å². The zero-order valence-corrected chi connectivity index (χ0v) is 8.12. The highest BCUT2D eigenvalue weighted by Crippen LogP contribution is 1.97. The van der Waals surface area contributed by atoms with Crippen molar-refractivity contribution in [3.05, 3.63) is 25.3 Å². The molecule has 0 aliphatic rings. The zero-order chi connectivity index (χ0) is 9.11. The molecule has 0 saturated carbocycles. The lowest BCUT2D eigenvalue weighted by molar-refractivity contribution is -0.114. The molecule has 0 aromatic carbocycles. The third kappa shape index (κ3) is 43.6. The lowest BCUT2D eigenvalue weighted by atomic mass is 10.6. The Hall–Kier alpha value is -0.500. The molecule has 0 radical (unpaired) electrons. The van der Waals surface area contributed by atoms with Gasteiger partial charge in [0.25, 0.3) is 0 Å². The van der Waals surface area contributed by atoms with Gasteiger partial charge in [0.05, 0.1) is 0 Å². The highest BCUT2D eigenvalue weighted by atomic mass is 32.2. The van der Waals surface area contributed by atoms with Crippen molar-refractivity contribution < 1.29 is 4.79 Å². The fraction of sp³-hybridized carbons (Fsp3) is 0.444. The van der Waals surface area contributed by atoms with E-state index in [1.165, 1.54) is 13.8 Å². The average Bonchev–Trinajstić information content (AvgIpc) is 1.88. The molecule has 0 aliphatic heterocycles. The lowest BCUT2D eigenvalue weighted by Gasteiger charge is -1.85. The van der Waals surface area contributed by atoms with Crippen LogP contribution in [0.15, 0.2) is 25.3 Å². The van der Waals surface area contributed by atoms with Crippen molar-refractivity contribution in [3.8, 4) is 0 Å². The number of hydrogen-bond donors (Lipinski definition) is 0. The summed E-state index contributed by atoms with van der Waals surface area (Å²) >= 11 is 1.82. The predicted octanol–water partition coefficient (Wildman–Crippen LogP) is 2.69. The molecule has 0 bridgehead atoms. The first-order chi connectivity index (χ1) is 5.15. The number of ketones is 1. The Labute approximate surface area is 73.6 Å². The van der Waals surface area contributed by atoms with Gasteiger partial charge in [-0.3, -0.25) is 0 Å². The first-order valence-electron chi connectivity index (χ1n) is 3.41. The number of thioether (sulfide) groups is 1. The number of Topliss-reactive ketones (excluding diaryl/α,β-unsaturated/α-hetero) is 1. The van der Waals surface area contributed by atoms with Crippen LogP contribution < -0.4 is 0 Å². The van der Waals surface area contributed by atoms with Gasteiger partial charge in [0, 0.05) is 11.5 Å². The molecule has 1 nitrogen and oxygen atoms in total. The second-order valence-electron chi connectivity index (χ2n) is 2.02. The molecule has 0 aromatic heterocycles. The van der Waals surface area contributed by atoms with E-state index in [1.807, 2.05) is 23.9 Å². The number of rotatable bonds is 4. The van der Waals surface area contributed by atoms with Crippen molar-refractivity contribution in [2.75, 3.05) is 11.5 Å². The molecule has 0 spiro atoms. The van der Waals surface area contributed by atoms with Gasteiger partial charge in [-0.25, -0.2) is 0 Å². The first kappa shape index (κ1) is 13.1. The van der Waals surface area contributed by atoms with Gasteiger partial charge >= 0.3 is 0 Å². The molecule has 0 fully saturated rings. The van der Waals surface area contributed by atoms with Gasteiger partial charge in [0.15, 0.2) is 0 Å². The van der Waals surface area contributed by atoms with Gasteiger partial charge in [0.1, 0.15) is 5.78 Å². The van der Waals surface area contributed by atoms with E-state index in [0.717, 1.165) is 11.5 Å². The van der Waals surface area contributed by atoms with Crippen LogP contribution >= 0.6 is 11.8 Å². The largest absolute Gasteiger partial charge is 0.300 e. The van der Waals surface area contributed by atoms with E-state index in [1.54, 1.807) is 0 Å². The maximum atomic E-state index is 9.44. The monoisotopic (exact) mass is 172 g/mol. The van der Waals surface area contributed by atoms with Gasteiger partial charge in [-0.15, -0.1) is 13.2 Å². The summed E-state index contributed by atoms with van der Waals surface area (Å²) < 4.78 is 0. The highest BCUT2D eigenvalue weighted by molar-refractivity contribution is 7.99. The van der Waals surface area contributed by atoms with Crippen LogP contribution in [0.2, 0.25) is 0 Å². The topological polar surface area (TPSA) is 17.1 Å².